The average molecular weight is 326 g/mol. The molecule has 120 valence electrons. The molecule has 7 heteroatoms. The predicted molar refractivity (Wildman–Crippen MR) is 86.4 cm³/mol. The molecule has 0 aromatic heterocycles. The molecule has 2 rings (SSSR count). The molecule has 1 aliphatic heterocycles. The Morgan fingerprint density at radius 3 is 2.59 bits per heavy atom. The fraction of sp³-hybridized carbons (Fsp3) is 0.467. The maximum atomic E-state index is 12.0. The molecular weight excluding hydrogens is 304 g/mol. The number of imide groups is 1. The van der Waals surface area contributed by atoms with Crippen LogP contribution in [0.15, 0.2) is 24.3 Å². The molecule has 0 aliphatic carbocycles. The van der Waals surface area contributed by atoms with Crippen LogP contribution in [0.3, 0.4) is 0 Å². The first-order valence-electron chi connectivity index (χ1n) is 7.39. The summed E-state index contributed by atoms with van der Waals surface area (Å²) in [5.41, 5.74) is 1.11. The Hall–Kier alpha value is -1.79. The minimum Gasteiger partial charge on any atom is -0.360 e. The topological polar surface area (TPSA) is 65.9 Å². The second-order valence-electron chi connectivity index (χ2n) is 5.42. The third-order valence-electron chi connectivity index (χ3n) is 4.05. The summed E-state index contributed by atoms with van der Waals surface area (Å²) < 4.78 is 0. The fourth-order valence-electron chi connectivity index (χ4n) is 2.63. The van der Waals surface area contributed by atoms with Crippen LogP contribution in [0, 0.1) is 0 Å². The first kappa shape index (κ1) is 16.6. The standard InChI is InChI=1S/C15H21ClN4O2/c1-11(14(21)18-15(22)17-2)19-6-8-20(9-7-19)13-5-3-4-12(16)10-13/h3-5,10-11H,6-9H2,1-2H3,(H2,17,18,21,22)/p+1/t11-/m1/s1. The van der Waals surface area contributed by atoms with E-state index in [9.17, 15) is 9.59 Å². The van der Waals surface area contributed by atoms with Gasteiger partial charge in [-0.15, -0.1) is 0 Å². The van der Waals surface area contributed by atoms with Crippen LogP contribution in [0.25, 0.3) is 0 Å². The number of carbonyl (C=O) groups is 2. The van der Waals surface area contributed by atoms with Gasteiger partial charge >= 0.3 is 6.03 Å². The first-order chi connectivity index (χ1) is 10.5. The summed E-state index contributed by atoms with van der Waals surface area (Å²) in [6, 6.07) is 7.08. The van der Waals surface area contributed by atoms with Crippen molar-refractivity contribution in [3.63, 3.8) is 0 Å². The lowest BCUT2D eigenvalue weighted by Crippen LogP contribution is -3.19. The summed E-state index contributed by atoms with van der Waals surface area (Å²) >= 11 is 6.02. The van der Waals surface area contributed by atoms with Gasteiger partial charge < -0.3 is 15.1 Å². The van der Waals surface area contributed by atoms with Crippen molar-refractivity contribution in [2.24, 2.45) is 0 Å². The van der Waals surface area contributed by atoms with E-state index >= 15 is 0 Å². The number of amides is 3. The van der Waals surface area contributed by atoms with Gasteiger partial charge in [0.15, 0.2) is 6.04 Å². The van der Waals surface area contributed by atoms with Gasteiger partial charge in [0.2, 0.25) is 0 Å². The van der Waals surface area contributed by atoms with E-state index in [0.29, 0.717) is 0 Å². The maximum Gasteiger partial charge on any atom is 0.321 e. The minimum absolute atomic E-state index is 0.245. The van der Waals surface area contributed by atoms with Crippen LogP contribution in [0.2, 0.25) is 5.02 Å². The number of hydrogen-bond donors (Lipinski definition) is 3. The van der Waals surface area contributed by atoms with Gasteiger partial charge in [0.25, 0.3) is 5.91 Å². The van der Waals surface area contributed by atoms with Crippen molar-refractivity contribution in [3.05, 3.63) is 29.3 Å². The molecule has 1 aromatic carbocycles. The second kappa shape index (κ2) is 7.47. The lowest BCUT2D eigenvalue weighted by molar-refractivity contribution is -0.914. The number of nitrogens with one attached hydrogen (secondary N) is 3. The molecule has 0 radical (unpaired) electrons. The monoisotopic (exact) mass is 325 g/mol. The maximum absolute atomic E-state index is 12.0. The number of piperazine rings is 1. The van der Waals surface area contributed by atoms with E-state index in [4.69, 9.17) is 11.6 Å². The molecule has 0 spiro atoms. The van der Waals surface area contributed by atoms with Gasteiger partial charge in [0, 0.05) is 17.8 Å². The Labute approximate surface area is 135 Å². The molecule has 3 N–H and O–H groups in total. The highest BCUT2D eigenvalue weighted by Gasteiger charge is 2.29. The SMILES string of the molecule is CNC(=O)NC(=O)[C@@H](C)[NH+]1CCN(c2cccc(Cl)c2)CC1. The Kier molecular flexibility index (Phi) is 5.63. The Morgan fingerprint density at radius 1 is 1.32 bits per heavy atom. The third kappa shape index (κ3) is 4.11. The quantitative estimate of drug-likeness (QED) is 0.726. The first-order valence-corrected chi connectivity index (χ1v) is 7.76. The number of rotatable bonds is 3. The largest absolute Gasteiger partial charge is 0.360 e. The zero-order valence-corrected chi connectivity index (χ0v) is 13.6. The number of halogens is 1. The molecular formula is C15H22ClN4O2+. The highest BCUT2D eigenvalue weighted by Crippen LogP contribution is 2.19. The molecule has 1 aromatic rings. The van der Waals surface area contributed by atoms with Gasteiger partial charge in [-0.2, -0.15) is 0 Å². The Morgan fingerprint density at radius 2 is 2.00 bits per heavy atom. The van der Waals surface area contributed by atoms with Gasteiger partial charge in [0.1, 0.15) is 0 Å². The van der Waals surface area contributed by atoms with Crippen molar-refractivity contribution in [2.75, 3.05) is 38.1 Å². The predicted octanol–water partition coefficient (Wildman–Crippen LogP) is -0.111. The Bertz CT molecular complexity index is 544. The number of urea groups is 1. The summed E-state index contributed by atoms with van der Waals surface area (Å²) in [4.78, 5) is 26.6. The van der Waals surface area contributed by atoms with E-state index in [1.54, 1.807) is 0 Å². The van der Waals surface area contributed by atoms with Gasteiger partial charge in [-0.05, 0) is 25.1 Å². The summed E-state index contributed by atoms with van der Waals surface area (Å²) in [5, 5.41) is 5.45. The molecule has 3 amide bonds. The number of anilines is 1. The summed E-state index contributed by atoms with van der Waals surface area (Å²) in [6.45, 7) is 5.24. The molecule has 1 heterocycles. The van der Waals surface area contributed by atoms with Gasteiger partial charge in [0.05, 0.1) is 26.2 Å². The third-order valence-corrected chi connectivity index (χ3v) is 4.28. The minimum atomic E-state index is -0.464. The van der Waals surface area contributed by atoms with Gasteiger partial charge in [-0.3, -0.25) is 10.1 Å². The van der Waals surface area contributed by atoms with Crippen LogP contribution in [-0.4, -0.2) is 51.2 Å². The van der Waals surface area contributed by atoms with E-state index < -0.39 is 6.03 Å². The molecule has 0 bridgehead atoms. The highest BCUT2D eigenvalue weighted by molar-refractivity contribution is 6.30. The van der Waals surface area contributed by atoms with Crippen LogP contribution >= 0.6 is 11.6 Å². The van der Waals surface area contributed by atoms with Crippen LogP contribution in [0.4, 0.5) is 10.5 Å². The summed E-state index contributed by atoms with van der Waals surface area (Å²) in [6.07, 6.45) is 0. The number of quaternary nitrogens is 1. The molecule has 0 saturated carbocycles. The van der Waals surface area contributed by atoms with E-state index in [1.165, 1.54) is 11.9 Å². The average Bonchev–Trinajstić information content (AvgIpc) is 2.54. The smallest absolute Gasteiger partial charge is 0.321 e. The highest BCUT2D eigenvalue weighted by atomic mass is 35.5. The van der Waals surface area contributed by atoms with Crippen molar-refractivity contribution >= 4 is 29.2 Å². The second-order valence-corrected chi connectivity index (χ2v) is 5.85. The van der Waals surface area contributed by atoms with Crippen molar-refractivity contribution in [3.8, 4) is 0 Å². The number of benzene rings is 1. The molecule has 1 fully saturated rings. The number of carbonyl (C=O) groups excluding carboxylic acids is 2. The fourth-order valence-corrected chi connectivity index (χ4v) is 2.81. The molecule has 0 unspecified atom stereocenters. The molecule has 6 nitrogen and oxygen atoms in total. The lowest BCUT2D eigenvalue weighted by atomic mass is 10.2. The normalized spacial score (nSPS) is 17.0. The van der Waals surface area contributed by atoms with Crippen LogP contribution in [-0.2, 0) is 4.79 Å². The zero-order valence-electron chi connectivity index (χ0n) is 12.9. The number of hydrogen-bond acceptors (Lipinski definition) is 3. The van der Waals surface area contributed by atoms with Crippen LogP contribution in [0.5, 0.6) is 0 Å². The molecule has 22 heavy (non-hydrogen) atoms. The number of nitrogens with zero attached hydrogens (tertiary/aromatic N) is 1. The van der Waals surface area contributed by atoms with Crippen LogP contribution < -0.4 is 20.4 Å². The summed E-state index contributed by atoms with van der Waals surface area (Å²) in [7, 11) is 1.49. The summed E-state index contributed by atoms with van der Waals surface area (Å²) in [5.74, 6) is -0.245. The van der Waals surface area contributed by atoms with E-state index in [-0.39, 0.29) is 11.9 Å². The van der Waals surface area contributed by atoms with Crippen molar-refractivity contribution in [1.82, 2.24) is 10.6 Å². The van der Waals surface area contributed by atoms with E-state index in [2.05, 4.69) is 15.5 Å². The van der Waals surface area contributed by atoms with E-state index in [1.807, 2.05) is 31.2 Å². The van der Waals surface area contributed by atoms with Gasteiger partial charge in [-0.25, -0.2) is 4.79 Å². The zero-order chi connectivity index (χ0) is 16.1. The Balaban J connectivity index is 1.89. The molecule has 1 aliphatic rings. The van der Waals surface area contributed by atoms with Crippen molar-refractivity contribution < 1.29 is 14.5 Å². The lowest BCUT2D eigenvalue weighted by Gasteiger charge is -2.35. The molecule has 1 atom stereocenters. The molecule has 1 saturated heterocycles. The van der Waals surface area contributed by atoms with Crippen molar-refractivity contribution in [2.45, 2.75) is 13.0 Å². The van der Waals surface area contributed by atoms with E-state index in [0.717, 1.165) is 36.9 Å². The van der Waals surface area contributed by atoms with Crippen molar-refractivity contribution in [1.29, 1.82) is 0 Å². The van der Waals surface area contributed by atoms with Gasteiger partial charge in [-0.1, -0.05) is 17.7 Å². The van der Waals surface area contributed by atoms with Crippen LogP contribution in [0.1, 0.15) is 6.92 Å².